The molecule has 0 unspecified atom stereocenters. The molecule has 0 radical (unpaired) electrons. The zero-order valence-electron chi connectivity index (χ0n) is 15.1. The third-order valence-corrected chi connectivity index (χ3v) is 4.43. The van der Waals surface area contributed by atoms with Gasteiger partial charge in [0.15, 0.2) is 0 Å². The van der Waals surface area contributed by atoms with Crippen LogP contribution >= 0.6 is 15.9 Å². The van der Waals surface area contributed by atoms with Gasteiger partial charge in [0.05, 0.1) is 25.4 Å². The van der Waals surface area contributed by atoms with Gasteiger partial charge in [0.25, 0.3) is 5.91 Å². The smallest absolute Gasteiger partial charge is 0.340 e. The molecule has 1 aliphatic rings. The van der Waals surface area contributed by atoms with E-state index in [9.17, 15) is 9.59 Å². The first-order chi connectivity index (χ1) is 11.8. The average Bonchev–Trinajstić information content (AvgIpc) is 2.78. The number of esters is 1. The summed E-state index contributed by atoms with van der Waals surface area (Å²) in [4.78, 5) is 26.8. The fourth-order valence-electron chi connectivity index (χ4n) is 2.79. The summed E-state index contributed by atoms with van der Waals surface area (Å²) in [5.41, 5.74) is 1.95. The molecule has 0 spiro atoms. The molecule has 0 bridgehead atoms. The maximum absolute atomic E-state index is 12.9. The van der Waals surface area contributed by atoms with Crippen LogP contribution in [0.3, 0.4) is 0 Å². The maximum Gasteiger partial charge on any atom is 0.340 e. The van der Waals surface area contributed by atoms with Crippen molar-refractivity contribution >= 4 is 33.9 Å². The van der Waals surface area contributed by atoms with Gasteiger partial charge in [-0.05, 0) is 37.1 Å². The van der Waals surface area contributed by atoms with Crippen LogP contribution in [0.2, 0.25) is 0 Å². The molecule has 1 aromatic rings. The van der Waals surface area contributed by atoms with Crippen LogP contribution in [0.25, 0.3) is 6.08 Å². The van der Waals surface area contributed by atoms with E-state index in [0.29, 0.717) is 34.7 Å². The molecule has 0 saturated heterocycles. The summed E-state index contributed by atoms with van der Waals surface area (Å²) in [5.74, 6) is 0.177. The number of carbonyl (C=O) groups is 2. The lowest BCUT2D eigenvalue weighted by atomic mass is 10.0. The number of hydrogen-bond acceptors (Lipinski definition) is 4. The minimum atomic E-state index is -0.516. The molecule has 134 valence electrons. The number of methoxy groups -OCH3 is 2. The van der Waals surface area contributed by atoms with Gasteiger partial charge in [-0.3, -0.25) is 4.79 Å². The molecule has 1 aromatic carbocycles. The summed E-state index contributed by atoms with van der Waals surface area (Å²) in [7, 11) is 2.88. The number of halogens is 1. The first-order valence-electron chi connectivity index (χ1n) is 7.96. The van der Waals surface area contributed by atoms with E-state index in [1.54, 1.807) is 31.1 Å². The van der Waals surface area contributed by atoms with Gasteiger partial charge in [0.1, 0.15) is 5.75 Å². The predicted octanol–water partition coefficient (Wildman–Crippen LogP) is 3.79. The van der Waals surface area contributed by atoms with Gasteiger partial charge in [-0.15, -0.1) is 0 Å². The molecule has 0 saturated carbocycles. The van der Waals surface area contributed by atoms with Crippen molar-refractivity contribution < 1.29 is 19.1 Å². The Bertz CT molecular complexity index is 765. The van der Waals surface area contributed by atoms with E-state index in [1.165, 1.54) is 7.11 Å². The number of ether oxygens (including phenoxy) is 2. The van der Waals surface area contributed by atoms with E-state index in [4.69, 9.17) is 9.47 Å². The normalized spacial score (nSPS) is 16.2. The molecule has 0 aromatic heterocycles. The standard InChI is InChI=1S/C19H22BrNO4/c1-11(2)10-21-12(3)17(19(23)25-5)15(18(21)22)9-13-8-14(20)6-7-16(13)24-4/h6-9,11H,10H2,1-5H3/b15-9-. The molecule has 1 amide bonds. The molecule has 0 fully saturated rings. The van der Waals surface area contributed by atoms with Gasteiger partial charge in [-0.25, -0.2) is 4.79 Å². The number of hydrogen-bond donors (Lipinski definition) is 0. The second kappa shape index (κ2) is 7.87. The van der Waals surface area contributed by atoms with Crippen LogP contribution in [-0.2, 0) is 14.3 Å². The largest absolute Gasteiger partial charge is 0.496 e. The van der Waals surface area contributed by atoms with Gasteiger partial charge in [-0.2, -0.15) is 0 Å². The number of allylic oxidation sites excluding steroid dienone is 1. The summed E-state index contributed by atoms with van der Waals surface area (Å²) in [6, 6.07) is 5.50. The Morgan fingerprint density at radius 2 is 2.00 bits per heavy atom. The van der Waals surface area contributed by atoms with Crippen LogP contribution < -0.4 is 4.74 Å². The van der Waals surface area contributed by atoms with Crippen LogP contribution in [0.15, 0.2) is 39.5 Å². The van der Waals surface area contributed by atoms with Crippen LogP contribution in [0.1, 0.15) is 26.3 Å². The summed E-state index contributed by atoms with van der Waals surface area (Å²) < 4.78 is 11.1. The van der Waals surface area contributed by atoms with E-state index in [1.807, 2.05) is 26.0 Å². The summed E-state index contributed by atoms with van der Waals surface area (Å²) in [6.45, 7) is 6.36. The van der Waals surface area contributed by atoms with Crippen molar-refractivity contribution in [3.63, 3.8) is 0 Å². The molecule has 25 heavy (non-hydrogen) atoms. The molecule has 2 rings (SSSR count). The van der Waals surface area contributed by atoms with Crippen molar-refractivity contribution in [2.45, 2.75) is 20.8 Å². The minimum Gasteiger partial charge on any atom is -0.496 e. The van der Waals surface area contributed by atoms with Gasteiger partial charge in [0, 0.05) is 22.3 Å². The number of amides is 1. The lowest BCUT2D eigenvalue weighted by molar-refractivity contribution is -0.136. The van der Waals surface area contributed by atoms with Gasteiger partial charge < -0.3 is 14.4 Å². The third-order valence-electron chi connectivity index (χ3n) is 3.94. The van der Waals surface area contributed by atoms with Crippen LogP contribution in [0, 0.1) is 5.92 Å². The van der Waals surface area contributed by atoms with Crippen molar-refractivity contribution in [2.24, 2.45) is 5.92 Å². The second-order valence-corrected chi connectivity index (χ2v) is 7.12. The number of benzene rings is 1. The van der Waals surface area contributed by atoms with Crippen molar-refractivity contribution in [1.29, 1.82) is 0 Å². The highest BCUT2D eigenvalue weighted by Gasteiger charge is 2.37. The summed E-state index contributed by atoms with van der Waals surface area (Å²) in [6.07, 6.45) is 1.68. The summed E-state index contributed by atoms with van der Waals surface area (Å²) >= 11 is 3.42. The Labute approximate surface area is 156 Å². The van der Waals surface area contributed by atoms with E-state index in [2.05, 4.69) is 15.9 Å². The molecule has 1 aliphatic heterocycles. The van der Waals surface area contributed by atoms with Crippen molar-refractivity contribution in [1.82, 2.24) is 4.90 Å². The molecule has 1 heterocycles. The Morgan fingerprint density at radius 1 is 1.32 bits per heavy atom. The Morgan fingerprint density at radius 3 is 2.56 bits per heavy atom. The van der Waals surface area contributed by atoms with Crippen LogP contribution in [-0.4, -0.2) is 37.5 Å². The first kappa shape index (κ1) is 19.2. The maximum atomic E-state index is 12.9. The van der Waals surface area contributed by atoms with E-state index in [-0.39, 0.29) is 11.8 Å². The lowest BCUT2D eigenvalue weighted by Gasteiger charge is -2.20. The van der Waals surface area contributed by atoms with E-state index >= 15 is 0 Å². The molecule has 5 nitrogen and oxygen atoms in total. The highest BCUT2D eigenvalue weighted by molar-refractivity contribution is 9.10. The zero-order valence-corrected chi connectivity index (χ0v) is 16.6. The van der Waals surface area contributed by atoms with Crippen molar-refractivity contribution in [3.8, 4) is 5.75 Å². The zero-order chi connectivity index (χ0) is 18.7. The Hall–Kier alpha value is -2.08. The monoisotopic (exact) mass is 407 g/mol. The highest BCUT2D eigenvalue weighted by atomic mass is 79.9. The second-order valence-electron chi connectivity index (χ2n) is 6.21. The molecule has 0 aliphatic carbocycles. The Kier molecular flexibility index (Phi) is 6.06. The molecule has 0 atom stereocenters. The van der Waals surface area contributed by atoms with E-state index < -0.39 is 5.97 Å². The number of rotatable bonds is 5. The van der Waals surface area contributed by atoms with Gasteiger partial charge in [-0.1, -0.05) is 29.8 Å². The van der Waals surface area contributed by atoms with Gasteiger partial charge >= 0.3 is 5.97 Å². The van der Waals surface area contributed by atoms with Crippen molar-refractivity contribution in [2.75, 3.05) is 20.8 Å². The highest BCUT2D eigenvalue weighted by Crippen LogP contribution is 2.34. The number of nitrogens with zero attached hydrogens (tertiary/aromatic N) is 1. The molecule has 6 heteroatoms. The van der Waals surface area contributed by atoms with Crippen molar-refractivity contribution in [3.05, 3.63) is 45.1 Å². The minimum absolute atomic E-state index is 0.200. The van der Waals surface area contributed by atoms with Crippen LogP contribution in [0.4, 0.5) is 0 Å². The molecule has 0 N–H and O–H groups in total. The Balaban J connectivity index is 2.60. The van der Waals surface area contributed by atoms with Crippen LogP contribution in [0.5, 0.6) is 5.75 Å². The quantitative estimate of drug-likeness (QED) is 0.550. The van der Waals surface area contributed by atoms with Gasteiger partial charge in [0.2, 0.25) is 0 Å². The lowest BCUT2D eigenvalue weighted by Crippen LogP contribution is -2.28. The SMILES string of the molecule is COC(=O)C1=C(C)N(CC(C)C)C(=O)/C1=C\c1cc(Br)ccc1OC. The predicted molar refractivity (Wildman–Crippen MR) is 99.9 cm³/mol. The number of carbonyl (C=O) groups excluding carboxylic acids is 2. The van der Waals surface area contributed by atoms with E-state index in [0.717, 1.165) is 4.47 Å². The molecular formula is C19H22BrNO4. The topological polar surface area (TPSA) is 55.8 Å². The first-order valence-corrected chi connectivity index (χ1v) is 8.76. The summed E-state index contributed by atoms with van der Waals surface area (Å²) in [5, 5.41) is 0. The third kappa shape index (κ3) is 3.95. The average molecular weight is 408 g/mol. The fraction of sp³-hybridized carbons (Fsp3) is 0.368. The molecular weight excluding hydrogens is 386 g/mol. The fourth-order valence-corrected chi connectivity index (χ4v) is 3.17.